The van der Waals surface area contributed by atoms with Crippen LogP contribution in [0.25, 0.3) is 0 Å². The second-order valence-corrected chi connectivity index (χ2v) is 4.36. The van der Waals surface area contributed by atoms with E-state index in [1.807, 2.05) is 38.1 Å². The third kappa shape index (κ3) is 4.99. The van der Waals surface area contributed by atoms with E-state index >= 15 is 0 Å². The van der Waals surface area contributed by atoms with Gasteiger partial charge in [0.1, 0.15) is 18.2 Å². The molecule has 0 saturated carbocycles. The quantitative estimate of drug-likeness (QED) is 0.610. The molecular weight excluding hydrogens is 270 g/mol. The number of rotatable bonds is 6. The van der Waals surface area contributed by atoms with Crippen LogP contribution in [0.4, 0.5) is 5.69 Å². The maximum atomic E-state index is 11.7. The Kier molecular flexibility index (Phi) is 5.96. The number of anilines is 1. The minimum absolute atomic E-state index is 0.139. The maximum absolute atomic E-state index is 11.7. The van der Waals surface area contributed by atoms with Crippen LogP contribution in [0.5, 0.6) is 0 Å². The molecule has 1 amide bonds. The first-order chi connectivity index (χ1) is 9.97. The number of nitrogens with zero attached hydrogens (tertiary/aromatic N) is 2. The molecule has 6 heteroatoms. The number of aryl methyl sites for hydroxylation is 1. The van der Waals surface area contributed by atoms with E-state index in [9.17, 15) is 9.59 Å². The predicted molar refractivity (Wildman–Crippen MR) is 78.5 cm³/mol. The van der Waals surface area contributed by atoms with E-state index in [1.54, 1.807) is 11.0 Å². The normalized spacial score (nSPS) is 10.6. The zero-order valence-corrected chi connectivity index (χ0v) is 12.0. The lowest BCUT2D eigenvalue weighted by molar-refractivity contribution is -0.137. The minimum Gasteiger partial charge on any atom is -0.480 e. The lowest BCUT2D eigenvalue weighted by Crippen LogP contribution is -2.31. The van der Waals surface area contributed by atoms with Crippen LogP contribution in [0.3, 0.4) is 0 Å². The van der Waals surface area contributed by atoms with Crippen molar-refractivity contribution in [1.82, 2.24) is 5.32 Å². The summed E-state index contributed by atoms with van der Waals surface area (Å²) in [6.07, 6.45) is 1.42. The summed E-state index contributed by atoms with van der Waals surface area (Å²) in [5, 5.41) is 19.7. The van der Waals surface area contributed by atoms with Crippen molar-refractivity contribution < 1.29 is 14.7 Å². The Morgan fingerprint density at radius 2 is 2.19 bits per heavy atom. The third-order valence-corrected chi connectivity index (χ3v) is 2.72. The molecule has 6 nitrogen and oxygen atoms in total. The lowest BCUT2D eigenvalue weighted by Gasteiger charge is -2.19. The molecule has 0 aliphatic rings. The molecule has 2 N–H and O–H groups in total. The van der Waals surface area contributed by atoms with E-state index in [2.05, 4.69) is 5.32 Å². The van der Waals surface area contributed by atoms with Gasteiger partial charge in [0.2, 0.25) is 0 Å². The SMILES string of the molecule is CCN(/C=C(/C#N)C(=O)NCC(=O)O)c1cccc(C)c1. The van der Waals surface area contributed by atoms with E-state index < -0.39 is 18.4 Å². The summed E-state index contributed by atoms with van der Waals surface area (Å²) in [5.74, 6) is -1.86. The Labute approximate surface area is 123 Å². The Hall–Kier alpha value is -2.81. The van der Waals surface area contributed by atoms with Gasteiger partial charge in [0.15, 0.2) is 0 Å². The van der Waals surface area contributed by atoms with Crippen LogP contribution in [0.1, 0.15) is 12.5 Å². The molecule has 0 fully saturated rings. The first kappa shape index (κ1) is 16.2. The van der Waals surface area contributed by atoms with Crippen molar-refractivity contribution >= 4 is 17.6 Å². The van der Waals surface area contributed by atoms with E-state index in [0.29, 0.717) is 6.54 Å². The van der Waals surface area contributed by atoms with Gasteiger partial charge in [-0.15, -0.1) is 0 Å². The molecule has 1 aromatic rings. The first-order valence-electron chi connectivity index (χ1n) is 6.43. The Balaban J connectivity index is 2.96. The minimum atomic E-state index is -1.16. The number of carboxylic acid groups (broad SMARTS) is 1. The topological polar surface area (TPSA) is 93.4 Å². The molecule has 110 valence electrons. The molecule has 0 aliphatic heterocycles. The van der Waals surface area contributed by atoms with Crippen LogP contribution in [0.2, 0.25) is 0 Å². The highest BCUT2D eigenvalue weighted by atomic mass is 16.4. The number of carboxylic acids is 1. The molecule has 0 atom stereocenters. The van der Waals surface area contributed by atoms with Crippen molar-refractivity contribution in [2.75, 3.05) is 18.0 Å². The van der Waals surface area contributed by atoms with Crippen LogP contribution in [0.15, 0.2) is 36.0 Å². The van der Waals surface area contributed by atoms with Crippen molar-refractivity contribution in [3.8, 4) is 6.07 Å². The largest absolute Gasteiger partial charge is 0.480 e. The highest BCUT2D eigenvalue weighted by Crippen LogP contribution is 2.17. The monoisotopic (exact) mass is 287 g/mol. The summed E-state index contributed by atoms with van der Waals surface area (Å²) >= 11 is 0. The highest BCUT2D eigenvalue weighted by Gasteiger charge is 2.12. The Bertz CT molecular complexity index is 602. The molecule has 0 aromatic heterocycles. The van der Waals surface area contributed by atoms with E-state index in [0.717, 1.165) is 11.3 Å². The van der Waals surface area contributed by atoms with Gasteiger partial charge in [0.05, 0.1) is 0 Å². The predicted octanol–water partition coefficient (Wildman–Crippen LogP) is 1.43. The summed E-state index contributed by atoms with van der Waals surface area (Å²) in [6, 6.07) is 9.43. The smallest absolute Gasteiger partial charge is 0.322 e. The fraction of sp³-hybridized carbons (Fsp3) is 0.267. The van der Waals surface area contributed by atoms with Gasteiger partial charge in [-0.1, -0.05) is 12.1 Å². The van der Waals surface area contributed by atoms with Crippen molar-refractivity contribution in [2.24, 2.45) is 0 Å². The zero-order chi connectivity index (χ0) is 15.8. The number of nitrogens with one attached hydrogen (secondary N) is 1. The molecule has 0 heterocycles. The third-order valence-electron chi connectivity index (χ3n) is 2.72. The Morgan fingerprint density at radius 1 is 1.48 bits per heavy atom. The first-order valence-corrected chi connectivity index (χ1v) is 6.43. The number of aliphatic carboxylic acids is 1. The maximum Gasteiger partial charge on any atom is 0.322 e. The molecule has 0 aliphatic carbocycles. The summed E-state index contributed by atoms with van der Waals surface area (Å²) in [7, 11) is 0. The number of hydrogen-bond acceptors (Lipinski definition) is 4. The van der Waals surface area contributed by atoms with Gasteiger partial charge < -0.3 is 15.3 Å². The second kappa shape index (κ2) is 7.70. The van der Waals surface area contributed by atoms with Crippen LogP contribution >= 0.6 is 0 Å². The highest BCUT2D eigenvalue weighted by molar-refractivity contribution is 5.98. The van der Waals surface area contributed by atoms with Crippen molar-refractivity contribution in [3.05, 3.63) is 41.6 Å². The number of nitriles is 1. The molecule has 1 aromatic carbocycles. The average molecular weight is 287 g/mol. The van der Waals surface area contributed by atoms with Gasteiger partial charge in [0.25, 0.3) is 5.91 Å². The van der Waals surface area contributed by atoms with Gasteiger partial charge in [0, 0.05) is 18.4 Å². The summed E-state index contributed by atoms with van der Waals surface area (Å²) in [4.78, 5) is 23.9. The van der Waals surface area contributed by atoms with Gasteiger partial charge in [-0.3, -0.25) is 9.59 Å². The van der Waals surface area contributed by atoms with Gasteiger partial charge in [-0.25, -0.2) is 0 Å². The molecule has 1 rings (SSSR count). The van der Waals surface area contributed by atoms with Crippen LogP contribution < -0.4 is 10.2 Å². The molecule has 0 unspecified atom stereocenters. The van der Waals surface area contributed by atoms with E-state index in [-0.39, 0.29) is 5.57 Å². The second-order valence-electron chi connectivity index (χ2n) is 4.36. The van der Waals surface area contributed by atoms with E-state index in [4.69, 9.17) is 10.4 Å². The number of hydrogen-bond donors (Lipinski definition) is 2. The number of carbonyl (C=O) groups is 2. The van der Waals surface area contributed by atoms with Gasteiger partial charge in [-0.05, 0) is 31.5 Å². The molecule has 0 saturated heterocycles. The molecule has 0 spiro atoms. The summed E-state index contributed by atoms with van der Waals surface area (Å²) < 4.78 is 0. The molecular formula is C15H17N3O3. The van der Waals surface area contributed by atoms with Crippen molar-refractivity contribution in [2.45, 2.75) is 13.8 Å². The summed E-state index contributed by atoms with van der Waals surface area (Å²) in [6.45, 7) is 3.89. The average Bonchev–Trinajstić information content (AvgIpc) is 2.46. The van der Waals surface area contributed by atoms with Gasteiger partial charge >= 0.3 is 5.97 Å². The van der Waals surface area contributed by atoms with Crippen molar-refractivity contribution in [1.29, 1.82) is 5.26 Å². The lowest BCUT2D eigenvalue weighted by atomic mass is 10.2. The number of benzene rings is 1. The van der Waals surface area contributed by atoms with Crippen molar-refractivity contribution in [3.63, 3.8) is 0 Å². The molecule has 21 heavy (non-hydrogen) atoms. The fourth-order valence-corrected chi connectivity index (χ4v) is 1.70. The Morgan fingerprint density at radius 3 is 2.71 bits per heavy atom. The van der Waals surface area contributed by atoms with Crippen LogP contribution in [0, 0.1) is 18.3 Å². The van der Waals surface area contributed by atoms with Gasteiger partial charge in [-0.2, -0.15) is 5.26 Å². The standard InChI is InChI=1S/C15H17N3O3/c1-3-18(13-6-4-5-11(2)7-13)10-12(8-16)15(21)17-9-14(19)20/h4-7,10H,3,9H2,1-2H3,(H,17,21)(H,19,20)/b12-10-. The number of amides is 1. The zero-order valence-electron chi connectivity index (χ0n) is 12.0. The van der Waals surface area contributed by atoms with Crippen LogP contribution in [-0.4, -0.2) is 30.1 Å². The fourth-order valence-electron chi connectivity index (χ4n) is 1.70. The number of carbonyl (C=O) groups excluding carboxylic acids is 1. The van der Waals surface area contributed by atoms with E-state index in [1.165, 1.54) is 6.20 Å². The van der Waals surface area contributed by atoms with Crippen LogP contribution in [-0.2, 0) is 9.59 Å². The molecule has 0 radical (unpaired) electrons. The summed E-state index contributed by atoms with van der Waals surface area (Å²) in [5.41, 5.74) is 1.78. The molecule has 0 bridgehead atoms.